The number of carbonyl (C=O) groups is 7. The van der Waals surface area contributed by atoms with Crippen LogP contribution in [0.15, 0.2) is 0 Å². The molecule has 1 aromatic heterocycles. The molecular weight excluding hydrogens is 1010 g/mol. The molecule has 5 unspecified atom stereocenters. The monoisotopic (exact) mass is 1100 g/mol. The zero-order valence-corrected chi connectivity index (χ0v) is 46.3. The fraction of sp³-hybridized carbons (Fsp3) is 0.808. The smallest absolute Gasteiger partial charge is 0.315 e. The number of hydrogen-bond acceptors (Lipinski definition) is 15. The second-order valence-electron chi connectivity index (χ2n) is 21.9. The molecule has 7 fully saturated rings. The summed E-state index contributed by atoms with van der Waals surface area (Å²) in [4.78, 5) is 107. The van der Waals surface area contributed by atoms with E-state index in [0.717, 1.165) is 127 Å². The predicted octanol–water partition coefficient (Wildman–Crippen LogP) is 2.95. The van der Waals surface area contributed by atoms with Crippen molar-refractivity contribution >= 4 is 83.0 Å². The van der Waals surface area contributed by atoms with Crippen LogP contribution in [-0.4, -0.2) is 173 Å². The Hall–Kier alpha value is -5.00. The summed E-state index contributed by atoms with van der Waals surface area (Å²) in [6, 6.07) is 0.981. The molecule has 0 bridgehead atoms. The number of thioether (sulfide) groups is 2. The minimum Gasteiger partial charge on any atom is -0.356 e. The first-order chi connectivity index (χ1) is 36.9. The van der Waals surface area contributed by atoms with Gasteiger partial charge in [0.15, 0.2) is 0 Å². The van der Waals surface area contributed by atoms with Crippen LogP contribution in [0, 0.1) is 0 Å². The van der Waals surface area contributed by atoms with Crippen molar-refractivity contribution in [2.75, 3.05) is 78.6 Å². The van der Waals surface area contributed by atoms with Gasteiger partial charge in [0.1, 0.15) is 0 Å². The number of hydrogen-bond donors (Lipinski definition) is 9. The van der Waals surface area contributed by atoms with Crippen molar-refractivity contribution < 1.29 is 33.6 Å². The number of anilines is 3. The largest absolute Gasteiger partial charge is 0.356 e. The van der Waals surface area contributed by atoms with Crippen LogP contribution in [0.2, 0.25) is 0 Å². The van der Waals surface area contributed by atoms with Crippen LogP contribution < -0.4 is 62.6 Å². The Morgan fingerprint density at radius 3 is 1.21 bits per heavy atom. The molecule has 9 amide bonds. The van der Waals surface area contributed by atoms with E-state index in [2.05, 4.69) is 62.6 Å². The third kappa shape index (κ3) is 17.5. The Balaban J connectivity index is 0.689. The molecule has 422 valence electrons. The highest BCUT2D eigenvalue weighted by Crippen LogP contribution is 2.34. The van der Waals surface area contributed by atoms with Crippen molar-refractivity contribution in [3.05, 3.63) is 0 Å². The van der Waals surface area contributed by atoms with Gasteiger partial charge in [-0.15, -0.1) is 0 Å². The summed E-state index contributed by atoms with van der Waals surface area (Å²) < 4.78 is 0. The third-order valence-electron chi connectivity index (χ3n) is 16.0. The highest BCUT2D eigenvalue weighted by Gasteiger charge is 2.43. The number of unbranched alkanes of at least 4 members (excludes halogenated alkanes) is 6. The van der Waals surface area contributed by atoms with E-state index < -0.39 is 0 Å². The Labute approximate surface area is 457 Å². The number of nitrogens with one attached hydrogen (secondary N) is 9. The van der Waals surface area contributed by atoms with E-state index in [1.807, 2.05) is 23.5 Å². The molecule has 1 aromatic rings. The van der Waals surface area contributed by atoms with Crippen molar-refractivity contribution in [1.29, 1.82) is 0 Å². The van der Waals surface area contributed by atoms with Crippen molar-refractivity contribution in [3.8, 4) is 0 Å². The molecule has 22 nitrogen and oxygen atoms in total. The summed E-state index contributed by atoms with van der Waals surface area (Å²) >= 11 is 3.80. The van der Waals surface area contributed by atoms with Gasteiger partial charge in [0.25, 0.3) is 0 Å². The van der Waals surface area contributed by atoms with E-state index in [-0.39, 0.29) is 83.9 Å². The number of urea groups is 2. The van der Waals surface area contributed by atoms with E-state index in [9.17, 15) is 33.6 Å². The minimum atomic E-state index is -0.0681. The van der Waals surface area contributed by atoms with Gasteiger partial charge >= 0.3 is 12.1 Å². The van der Waals surface area contributed by atoms with Gasteiger partial charge in [0, 0.05) is 125 Å². The lowest BCUT2D eigenvalue weighted by molar-refractivity contribution is -0.122. The normalized spacial score (nSPS) is 24.7. The number of amides is 9. The van der Waals surface area contributed by atoms with E-state index in [1.165, 1.54) is 0 Å². The maximum absolute atomic E-state index is 13.0. The highest BCUT2D eigenvalue weighted by molar-refractivity contribution is 8.00. The molecule has 0 aliphatic carbocycles. The Morgan fingerprint density at radius 1 is 0.474 bits per heavy atom. The zero-order valence-electron chi connectivity index (χ0n) is 44.7. The molecule has 7 aliphatic rings. The molecule has 24 heteroatoms. The summed E-state index contributed by atoms with van der Waals surface area (Å²) in [5.74, 6) is 4.02. The maximum atomic E-state index is 13.0. The van der Waals surface area contributed by atoms with Gasteiger partial charge in [-0.25, -0.2) is 9.59 Å². The molecule has 9 N–H and O–H groups in total. The number of piperidine rings is 3. The quantitative estimate of drug-likeness (QED) is 0.0431. The third-order valence-corrected chi connectivity index (χ3v) is 19.1. The lowest BCUT2D eigenvalue weighted by Gasteiger charge is -2.36. The molecule has 8 rings (SSSR count). The van der Waals surface area contributed by atoms with Gasteiger partial charge < -0.3 is 62.6 Å². The summed E-state index contributed by atoms with van der Waals surface area (Å²) in [5, 5.41) is 28.5. The first-order valence-corrected chi connectivity index (χ1v) is 30.8. The number of nitrogens with zero attached hydrogens (tertiary/aromatic N) is 6. The lowest BCUT2D eigenvalue weighted by atomic mass is 10.0. The number of aromatic nitrogens is 3. The van der Waals surface area contributed by atoms with Crippen LogP contribution in [0.3, 0.4) is 0 Å². The van der Waals surface area contributed by atoms with Gasteiger partial charge in [0.05, 0.1) is 24.2 Å². The number of fused-ring (bicyclic) bond motifs is 2. The highest BCUT2D eigenvalue weighted by atomic mass is 32.2. The Morgan fingerprint density at radius 2 is 0.829 bits per heavy atom. The van der Waals surface area contributed by atoms with Crippen molar-refractivity contribution in [3.63, 3.8) is 0 Å². The first kappa shape index (κ1) is 57.2. The summed E-state index contributed by atoms with van der Waals surface area (Å²) in [6.07, 6.45) is 17.2. The Bertz CT molecular complexity index is 2000. The molecule has 0 saturated carbocycles. The molecule has 76 heavy (non-hydrogen) atoms. The van der Waals surface area contributed by atoms with Crippen molar-refractivity contribution in [2.24, 2.45) is 0 Å². The maximum Gasteiger partial charge on any atom is 0.315 e. The average Bonchev–Trinajstić information content (AvgIpc) is 4.18. The molecule has 0 radical (unpaired) electrons. The van der Waals surface area contributed by atoms with Gasteiger partial charge in [0.2, 0.25) is 47.4 Å². The summed E-state index contributed by atoms with van der Waals surface area (Å²) in [6.45, 7) is 6.99. The van der Waals surface area contributed by atoms with Crippen LogP contribution >= 0.6 is 23.5 Å². The van der Waals surface area contributed by atoms with Gasteiger partial charge in [-0.2, -0.15) is 38.5 Å². The van der Waals surface area contributed by atoms with Crippen LogP contribution in [0.25, 0.3) is 0 Å². The second kappa shape index (κ2) is 29.1. The van der Waals surface area contributed by atoms with Gasteiger partial charge in [-0.05, 0) is 89.9 Å². The fourth-order valence-corrected chi connectivity index (χ4v) is 14.8. The summed E-state index contributed by atoms with van der Waals surface area (Å²) in [7, 11) is 0. The first-order valence-electron chi connectivity index (χ1n) is 28.7. The minimum absolute atomic E-state index is 0.0230. The molecule has 7 aliphatic heterocycles. The number of rotatable bonds is 28. The second-order valence-corrected chi connectivity index (χ2v) is 24.5. The molecule has 0 aromatic carbocycles. The topological polar surface area (TPSA) is 276 Å². The van der Waals surface area contributed by atoms with Crippen LogP contribution in [0.5, 0.6) is 0 Å². The lowest BCUT2D eigenvalue weighted by Crippen LogP contribution is -2.47. The van der Waals surface area contributed by atoms with Crippen LogP contribution in [0.1, 0.15) is 148 Å². The van der Waals surface area contributed by atoms with Crippen molar-refractivity contribution in [2.45, 2.75) is 201 Å². The van der Waals surface area contributed by atoms with Gasteiger partial charge in [-0.3, -0.25) is 24.0 Å². The molecule has 8 heterocycles. The summed E-state index contributed by atoms with van der Waals surface area (Å²) in [5.41, 5.74) is 0. The molecule has 7 saturated heterocycles. The molecular formula is C52H85N15O7S2. The SMILES string of the molecule is CC(=O)NC1CCN(c2nc(N3CCC(NC(=O)CCCCCNC(=O)CCCCC4SCC5NC(=O)NC54)CC3)nc(N3CCC(NC(=O)CCCCCNC(=O)CCCC[C@@H]4SCC5NC(=O)NC54)CC3)n2)CC1. The van der Waals surface area contributed by atoms with E-state index in [1.54, 1.807) is 6.92 Å². The van der Waals surface area contributed by atoms with E-state index in [0.29, 0.717) is 106 Å². The fourth-order valence-electron chi connectivity index (χ4n) is 11.7. The Kier molecular flexibility index (Phi) is 21.9. The molecule has 0 spiro atoms. The standard InChI is InChI=1S/C52H85N15O7S2/c1-34(68)55-35-18-26-65(27-19-35)48-62-49(66-28-20-36(21-29-66)56-44(71)16-4-2-10-24-53-42(69)14-8-6-12-40-46-38(32-75-40)58-51(73)60-46)64-50(63-48)67-30-22-37(23-31-67)57-45(72)17-5-3-11-25-54-43(70)15-9-7-13-41-47-39(33-76-41)59-52(74)61-47/h35-41,46-47H,2-33H2,1H3,(H,53,69)(H,54,70)(H,55,68)(H,56,71)(H,57,72)(H2,58,60,73)(H2,59,61,74)/t38?,39?,40-,41?,46?,47?/m0/s1. The predicted molar refractivity (Wildman–Crippen MR) is 297 cm³/mol. The van der Waals surface area contributed by atoms with Gasteiger partial charge in [-0.1, -0.05) is 25.7 Å². The van der Waals surface area contributed by atoms with Crippen molar-refractivity contribution in [1.82, 2.24) is 62.8 Å². The van der Waals surface area contributed by atoms with E-state index >= 15 is 0 Å². The number of carbonyl (C=O) groups excluding carboxylic acids is 7. The molecule has 6 atom stereocenters. The van der Waals surface area contributed by atoms with E-state index in [4.69, 9.17) is 15.0 Å². The zero-order chi connectivity index (χ0) is 53.2. The van der Waals surface area contributed by atoms with Crippen LogP contribution in [-0.2, 0) is 24.0 Å². The van der Waals surface area contributed by atoms with Crippen LogP contribution in [0.4, 0.5) is 27.4 Å². The average molecular weight is 1100 g/mol.